The van der Waals surface area contributed by atoms with Crippen molar-refractivity contribution in [2.45, 2.75) is 6.04 Å². The highest BCUT2D eigenvalue weighted by molar-refractivity contribution is 6.30. The number of aromatic nitrogens is 2. The van der Waals surface area contributed by atoms with E-state index in [1.54, 1.807) is 37.6 Å². The molecule has 0 aliphatic carbocycles. The van der Waals surface area contributed by atoms with Crippen LogP contribution >= 0.6 is 11.6 Å². The van der Waals surface area contributed by atoms with Gasteiger partial charge in [0, 0.05) is 35.7 Å². The number of nitrogens with one attached hydrogen (secondary N) is 2. The lowest BCUT2D eigenvalue weighted by molar-refractivity contribution is 0.249. The number of hydrogen-bond acceptors (Lipinski definition) is 3. The topological polar surface area (TPSA) is 68.2 Å². The molecule has 3 aromatic rings. The Kier molecular flexibility index (Phi) is 5.43. The van der Waals surface area contributed by atoms with Crippen LogP contribution < -0.4 is 15.4 Å². The third kappa shape index (κ3) is 3.97. The number of halogens is 1. The van der Waals surface area contributed by atoms with E-state index in [1.807, 2.05) is 42.1 Å². The first-order chi connectivity index (χ1) is 12.6. The summed E-state index contributed by atoms with van der Waals surface area (Å²) < 4.78 is 7.31. The number of benzene rings is 2. The number of amides is 2. The maximum absolute atomic E-state index is 12.6. The first-order valence-electron chi connectivity index (χ1n) is 8.01. The minimum atomic E-state index is -0.474. The number of carbonyl (C=O) groups excluding carboxylic acids is 1. The van der Waals surface area contributed by atoms with Gasteiger partial charge in [0.15, 0.2) is 0 Å². The van der Waals surface area contributed by atoms with Crippen molar-refractivity contribution in [3.05, 3.63) is 77.3 Å². The molecule has 1 atom stereocenters. The average Bonchev–Trinajstić information content (AvgIpc) is 3.07. The fourth-order valence-corrected chi connectivity index (χ4v) is 2.80. The molecule has 2 N–H and O–H groups in total. The Morgan fingerprint density at radius 3 is 2.58 bits per heavy atom. The molecule has 0 bridgehead atoms. The molecule has 0 fully saturated rings. The van der Waals surface area contributed by atoms with Gasteiger partial charge >= 0.3 is 6.03 Å². The first kappa shape index (κ1) is 17.8. The second-order valence-electron chi connectivity index (χ2n) is 5.68. The normalized spacial score (nSPS) is 11.7. The van der Waals surface area contributed by atoms with Crippen LogP contribution in [0.4, 0.5) is 10.5 Å². The lowest BCUT2D eigenvalue weighted by Gasteiger charge is -2.21. The summed E-state index contributed by atoms with van der Waals surface area (Å²) in [5, 5.41) is 6.38. The summed E-state index contributed by atoms with van der Waals surface area (Å²) in [4.78, 5) is 16.9. The van der Waals surface area contributed by atoms with Crippen LogP contribution in [0.15, 0.2) is 60.9 Å². The molecule has 26 heavy (non-hydrogen) atoms. The molecule has 0 aliphatic rings. The molecule has 0 saturated heterocycles. The van der Waals surface area contributed by atoms with Crippen LogP contribution in [0.1, 0.15) is 17.4 Å². The standard InChI is InChI=1S/C19H19ClN4O2/c1-24-12-11-21-18(24)17(15-5-3-4-6-16(15)26-2)23-19(25)22-14-9-7-13(20)8-10-14/h3-12,17H,1-2H3,(H2,22,23,25). The minimum Gasteiger partial charge on any atom is -0.496 e. The molecule has 0 spiro atoms. The van der Waals surface area contributed by atoms with E-state index in [1.165, 1.54) is 0 Å². The highest BCUT2D eigenvalue weighted by Crippen LogP contribution is 2.29. The van der Waals surface area contributed by atoms with Gasteiger partial charge in [0.25, 0.3) is 0 Å². The summed E-state index contributed by atoms with van der Waals surface area (Å²) in [6.45, 7) is 0. The van der Waals surface area contributed by atoms with Gasteiger partial charge in [-0.25, -0.2) is 9.78 Å². The van der Waals surface area contributed by atoms with Gasteiger partial charge in [-0.2, -0.15) is 0 Å². The summed E-state index contributed by atoms with van der Waals surface area (Å²) >= 11 is 5.88. The number of rotatable bonds is 5. The Morgan fingerprint density at radius 1 is 1.19 bits per heavy atom. The highest BCUT2D eigenvalue weighted by Gasteiger charge is 2.23. The number of anilines is 1. The van der Waals surface area contributed by atoms with Gasteiger partial charge in [0.1, 0.15) is 17.6 Å². The van der Waals surface area contributed by atoms with Crippen LogP contribution in [0.5, 0.6) is 5.75 Å². The Labute approximate surface area is 156 Å². The first-order valence-corrected chi connectivity index (χ1v) is 8.39. The molecule has 0 aliphatic heterocycles. The molecule has 134 valence electrons. The van der Waals surface area contributed by atoms with Gasteiger partial charge in [0.2, 0.25) is 0 Å². The van der Waals surface area contributed by atoms with E-state index >= 15 is 0 Å². The fourth-order valence-electron chi connectivity index (χ4n) is 2.67. The SMILES string of the molecule is COc1ccccc1C(NC(=O)Nc1ccc(Cl)cc1)c1nccn1C. The van der Waals surface area contributed by atoms with Crippen molar-refractivity contribution in [2.24, 2.45) is 7.05 Å². The predicted octanol–water partition coefficient (Wildman–Crippen LogP) is 3.99. The number of carbonyl (C=O) groups is 1. The van der Waals surface area contributed by atoms with E-state index in [2.05, 4.69) is 15.6 Å². The average molecular weight is 371 g/mol. The quantitative estimate of drug-likeness (QED) is 0.713. The van der Waals surface area contributed by atoms with E-state index in [-0.39, 0.29) is 6.03 Å². The molecule has 0 radical (unpaired) electrons. The molecule has 1 aromatic heterocycles. The van der Waals surface area contributed by atoms with Crippen LogP contribution in [0.3, 0.4) is 0 Å². The number of ether oxygens (including phenoxy) is 1. The Morgan fingerprint density at radius 2 is 1.92 bits per heavy atom. The van der Waals surface area contributed by atoms with E-state index < -0.39 is 6.04 Å². The smallest absolute Gasteiger partial charge is 0.320 e. The van der Waals surface area contributed by atoms with Crippen LogP contribution in [0.2, 0.25) is 5.02 Å². The van der Waals surface area contributed by atoms with Crippen LogP contribution in [-0.4, -0.2) is 22.7 Å². The minimum absolute atomic E-state index is 0.355. The number of urea groups is 1. The molecule has 1 heterocycles. The maximum Gasteiger partial charge on any atom is 0.320 e. The molecule has 0 saturated carbocycles. The molecule has 2 aromatic carbocycles. The summed E-state index contributed by atoms with van der Waals surface area (Å²) in [6.07, 6.45) is 3.52. The monoisotopic (exact) mass is 370 g/mol. The summed E-state index contributed by atoms with van der Waals surface area (Å²) in [6, 6.07) is 13.6. The Balaban J connectivity index is 1.88. The number of imidazole rings is 1. The highest BCUT2D eigenvalue weighted by atomic mass is 35.5. The third-order valence-electron chi connectivity index (χ3n) is 3.94. The third-order valence-corrected chi connectivity index (χ3v) is 4.20. The number of nitrogens with zero attached hydrogens (tertiary/aromatic N) is 2. The predicted molar refractivity (Wildman–Crippen MR) is 102 cm³/mol. The molecular weight excluding hydrogens is 352 g/mol. The number of hydrogen-bond donors (Lipinski definition) is 2. The fraction of sp³-hybridized carbons (Fsp3) is 0.158. The van der Waals surface area contributed by atoms with E-state index in [4.69, 9.17) is 16.3 Å². The van der Waals surface area contributed by atoms with Gasteiger partial charge in [0.05, 0.1) is 7.11 Å². The van der Waals surface area contributed by atoms with Crippen molar-refractivity contribution < 1.29 is 9.53 Å². The van der Waals surface area contributed by atoms with E-state index in [0.717, 1.165) is 5.56 Å². The molecule has 2 amide bonds. The van der Waals surface area contributed by atoms with Crippen LogP contribution in [0.25, 0.3) is 0 Å². The molecule has 6 nitrogen and oxygen atoms in total. The van der Waals surface area contributed by atoms with Gasteiger partial charge in [-0.15, -0.1) is 0 Å². The van der Waals surface area contributed by atoms with Crippen molar-refractivity contribution in [1.29, 1.82) is 0 Å². The van der Waals surface area contributed by atoms with Crippen molar-refractivity contribution in [3.63, 3.8) is 0 Å². The van der Waals surface area contributed by atoms with Crippen LogP contribution in [-0.2, 0) is 7.05 Å². The second-order valence-corrected chi connectivity index (χ2v) is 6.11. The zero-order valence-corrected chi connectivity index (χ0v) is 15.2. The van der Waals surface area contributed by atoms with E-state index in [9.17, 15) is 4.79 Å². The molecular formula is C19H19ClN4O2. The summed E-state index contributed by atoms with van der Waals surface area (Å²) in [7, 11) is 3.48. The van der Waals surface area contributed by atoms with Gasteiger partial charge in [-0.05, 0) is 30.3 Å². The Bertz CT molecular complexity index is 893. The zero-order chi connectivity index (χ0) is 18.5. The Hall–Kier alpha value is -2.99. The van der Waals surface area contributed by atoms with Crippen molar-refractivity contribution in [1.82, 2.24) is 14.9 Å². The summed E-state index contributed by atoms with van der Waals surface area (Å²) in [5.41, 5.74) is 1.46. The van der Waals surface area contributed by atoms with Crippen molar-refractivity contribution >= 4 is 23.3 Å². The zero-order valence-electron chi connectivity index (χ0n) is 14.4. The number of para-hydroxylation sites is 1. The largest absolute Gasteiger partial charge is 0.496 e. The van der Waals surface area contributed by atoms with Crippen molar-refractivity contribution in [3.8, 4) is 5.75 Å². The molecule has 1 unspecified atom stereocenters. The van der Waals surface area contributed by atoms with Gasteiger partial charge < -0.3 is 19.9 Å². The second kappa shape index (κ2) is 7.93. The van der Waals surface area contributed by atoms with Gasteiger partial charge in [-0.3, -0.25) is 0 Å². The summed E-state index contributed by atoms with van der Waals surface area (Å²) in [5.74, 6) is 1.37. The lowest BCUT2D eigenvalue weighted by atomic mass is 10.0. The molecule has 7 heteroatoms. The van der Waals surface area contributed by atoms with Crippen LogP contribution in [0, 0.1) is 0 Å². The number of methoxy groups -OCH3 is 1. The number of aryl methyl sites for hydroxylation is 1. The lowest BCUT2D eigenvalue weighted by Crippen LogP contribution is -2.34. The van der Waals surface area contributed by atoms with Gasteiger partial charge in [-0.1, -0.05) is 29.8 Å². The van der Waals surface area contributed by atoms with Crippen molar-refractivity contribution in [2.75, 3.05) is 12.4 Å². The maximum atomic E-state index is 12.6. The molecule has 3 rings (SSSR count). The van der Waals surface area contributed by atoms with E-state index in [0.29, 0.717) is 22.3 Å².